The minimum Gasteiger partial charge on any atom is -0.511 e. The van der Waals surface area contributed by atoms with Gasteiger partial charge in [-0.2, -0.15) is 0 Å². The van der Waals surface area contributed by atoms with E-state index in [1.54, 1.807) is 13.2 Å². The van der Waals surface area contributed by atoms with Crippen molar-refractivity contribution in [3.63, 3.8) is 0 Å². The molecule has 0 fully saturated rings. The summed E-state index contributed by atoms with van der Waals surface area (Å²) in [6.07, 6.45) is 1.62. The monoisotopic (exact) mass is 179 g/mol. The van der Waals surface area contributed by atoms with E-state index in [0.29, 0.717) is 0 Å². The number of aliphatic hydroxyl groups excluding tert-OH is 1. The molecule has 0 radical (unpaired) electrons. The number of aliphatic hydroxyl groups is 1. The normalized spacial score (nSPS) is 11.4. The predicted octanol–water partition coefficient (Wildman–Crippen LogP) is 1.55. The Morgan fingerprint density at radius 3 is 2.54 bits per heavy atom. The molecule has 1 aromatic rings. The van der Waals surface area contributed by atoms with Gasteiger partial charge in [0.15, 0.2) is 0 Å². The first-order valence-electron chi connectivity index (χ1n) is 4.00. The summed E-state index contributed by atoms with van der Waals surface area (Å²) >= 11 is 0. The SMILES string of the molecule is COc1ccc(C=C(O)CN)cc1. The molecule has 3 heteroatoms. The van der Waals surface area contributed by atoms with Crippen molar-refractivity contribution in [3.05, 3.63) is 35.6 Å². The first-order valence-corrected chi connectivity index (χ1v) is 4.00. The summed E-state index contributed by atoms with van der Waals surface area (Å²) in [6, 6.07) is 7.36. The van der Waals surface area contributed by atoms with E-state index in [1.807, 2.05) is 24.3 Å². The molecular weight excluding hydrogens is 166 g/mol. The molecular formula is C10H13NO2. The first-order chi connectivity index (χ1) is 6.26. The average Bonchev–Trinajstić information content (AvgIpc) is 2.19. The Kier molecular flexibility index (Phi) is 3.34. The Bertz CT molecular complexity index is 290. The standard InChI is InChI=1S/C10H13NO2/c1-13-10-4-2-8(3-5-10)6-9(12)7-11/h2-6,12H,7,11H2,1H3. The molecule has 0 bridgehead atoms. The molecule has 3 N–H and O–H groups in total. The number of benzene rings is 1. The third-order valence-electron chi connectivity index (χ3n) is 1.66. The number of rotatable bonds is 3. The molecule has 0 spiro atoms. The van der Waals surface area contributed by atoms with Crippen molar-refractivity contribution in [3.8, 4) is 5.75 Å². The van der Waals surface area contributed by atoms with Gasteiger partial charge in [0.2, 0.25) is 0 Å². The lowest BCUT2D eigenvalue weighted by molar-refractivity contribution is 0.409. The first kappa shape index (κ1) is 9.61. The number of hydrogen-bond donors (Lipinski definition) is 2. The Labute approximate surface area is 77.4 Å². The van der Waals surface area contributed by atoms with Crippen molar-refractivity contribution in [1.82, 2.24) is 0 Å². The molecule has 0 atom stereocenters. The third kappa shape index (κ3) is 2.80. The summed E-state index contributed by atoms with van der Waals surface area (Å²) in [5.74, 6) is 0.967. The maximum absolute atomic E-state index is 9.14. The van der Waals surface area contributed by atoms with Crippen molar-refractivity contribution < 1.29 is 9.84 Å². The van der Waals surface area contributed by atoms with Gasteiger partial charge in [-0.25, -0.2) is 0 Å². The van der Waals surface area contributed by atoms with Crippen LogP contribution in [-0.4, -0.2) is 18.8 Å². The number of nitrogens with two attached hydrogens (primary N) is 1. The van der Waals surface area contributed by atoms with E-state index in [0.717, 1.165) is 11.3 Å². The minimum atomic E-state index is 0.159. The van der Waals surface area contributed by atoms with Crippen molar-refractivity contribution >= 4 is 6.08 Å². The lowest BCUT2D eigenvalue weighted by Gasteiger charge is -1.99. The van der Waals surface area contributed by atoms with Gasteiger partial charge in [0.1, 0.15) is 11.5 Å². The Morgan fingerprint density at radius 2 is 2.08 bits per heavy atom. The molecule has 1 aromatic carbocycles. The van der Waals surface area contributed by atoms with Gasteiger partial charge in [-0.1, -0.05) is 12.1 Å². The molecule has 0 aliphatic carbocycles. The molecule has 0 unspecified atom stereocenters. The molecule has 0 aromatic heterocycles. The van der Waals surface area contributed by atoms with Crippen LogP contribution in [-0.2, 0) is 0 Å². The zero-order valence-electron chi connectivity index (χ0n) is 7.53. The third-order valence-corrected chi connectivity index (χ3v) is 1.66. The van der Waals surface area contributed by atoms with Crippen molar-refractivity contribution in [2.45, 2.75) is 0 Å². The van der Waals surface area contributed by atoms with E-state index in [-0.39, 0.29) is 12.3 Å². The molecule has 3 nitrogen and oxygen atoms in total. The lowest BCUT2D eigenvalue weighted by atomic mass is 10.2. The summed E-state index contributed by atoms with van der Waals surface area (Å²) in [6.45, 7) is 0.159. The maximum Gasteiger partial charge on any atom is 0.118 e. The molecule has 0 aliphatic rings. The Hall–Kier alpha value is -1.48. The fourth-order valence-electron chi connectivity index (χ4n) is 0.951. The topological polar surface area (TPSA) is 55.5 Å². The van der Waals surface area contributed by atoms with Crippen LogP contribution in [0.3, 0.4) is 0 Å². The molecule has 0 saturated carbocycles. The largest absolute Gasteiger partial charge is 0.511 e. The Balaban J connectivity index is 2.80. The molecule has 70 valence electrons. The van der Waals surface area contributed by atoms with Gasteiger partial charge in [-0.3, -0.25) is 0 Å². The van der Waals surface area contributed by atoms with E-state index in [4.69, 9.17) is 15.6 Å². The summed E-state index contributed by atoms with van der Waals surface area (Å²) in [4.78, 5) is 0. The van der Waals surface area contributed by atoms with E-state index >= 15 is 0 Å². The molecule has 0 saturated heterocycles. The highest BCUT2D eigenvalue weighted by molar-refractivity contribution is 5.52. The second-order valence-corrected chi connectivity index (χ2v) is 2.61. The summed E-state index contributed by atoms with van der Waals surface area (Å²) < 4.78 is 4.99. The maximum atomic E-state index is 9.14. The fourth-order valence-corrected chi connectivity index (χ4v) is 0.951. The molecule has 0 heterocycles. The molecule has 1 rings (SSSR count). The van der Waals surface area contributed by atoms with Crippen LogP contribution in [0.1, 0.15) is 5.56 Å². The van der Waals surface area contributed by atoms with Crippen LogP contribution in [0.15, 0.2) is 30.0 Å². The van der Waals surface area contributed by atoms with Gasteiger partial charge in [0.05, 0.1) is 13.7 Å². The second-order valence-electron chi connectivity index (χ2n) is 2.61. The van der Waals surface area contributed by atoms with Crippen LogP contribution < -0.4 is 10.5 Å². The predicted molar refractivity (Wildman–Crippen MR) is 52.7 cm³/mol. The number of methoxy groups -OCH3 is 1. The van der Waals surface area contributed by atoms with Gasteiger partial charge in [-0.15, -0.1) is 0 Å². The summed E-state index contributed by atoms with van der Waals surface area (Å²) in [7, 11) is 1.61. The minimum absolute atomic E-state index is 0.159. The average molecular weight is 179 g/mol. The van der Waals surface area contributed by atoms with Crippen molar-refractivity contribution in [2.75, 3.05) is 13.7 Å². The van der Waals surface area contributed by atoms with E-state index in [2.05, 4.69) is 0 Å². The van der Waals surface area contributed by atoms with Crippen molar-refractivity contribution in [2.24, 2.45) is 5.73 Å². The molecule has 13 heavy (non-hydrogen) atoms. The number of hydrogen-bond acceptors (Lipinski definition) is 3. The lowest BCUT2D eigenvalue weighted by Crippen LogP contribution is -2.01. The van der Waals surface area contributed by atoms with E-state index in [9.17, 15) is 0 Å². The van der Waals surface area contributed by atoms with E-state index in [1.165, 1.54) is 0 Å². The van der Waals surface area contributed by atoms with Crippen LogP contribution >= 0.6 is 0 Å². The summed E-state index contributed by atoms with van der Waals surface area (Å²) in [5.41, 5.74) is 6.14. The quantitative estimate of drug-likeness (QED) is 0.692. The zero-order valence-corrected chi connectivity index (χ0v) is 7.53. The van der Waals surface area contributed by atoms with Gasteiger partial charge < -0.3 is 15.6 Å². The van der Waals surface area contributed by atoms with Crippen molar-refractivity contribution in [1.29, 1.82) is 0 Å². The van der Waals surface area contributed by atoms with Crippen LogP contribution in [0, 0.1) is 0 Å². The van der Waals surface area contributed by atoms with Gasteiger partial charge >= 0.3 is 0 Å². The molecule has 0 amide bonds. The van der Waals surface area contributed by atoms with Gasteiger partial charge in [-0.05, 0) is 23.8 Å². The Morgan fingerprint density at radius 1 is 1.46 bits per heavy atom. The summed E-state index contributed by atoms with van der Waals surface area (Å²) in [5, 5.41) is 9.14. The smallest absolute Gasteiger partial charge is 0.118 e. The van der Waals surface area contributed by atoms with Gasteiger partial charge in [0, 0.05) is 0 Å². The van der Waals surface area contributed by atoms with Crippen LogP contribution in [0.4, 0.5) is 0 Å². The van der Waals surface area contributed by atoms with Crippen LogP contribution in [0.2, 0.25) is 0 Å². The van der Waals surface area contributed by atoms with Crippen LogP contribution in [0.25, 0.3) is 6.08 Å². The van der Waals surface area contributed by atoms with Gasteiger partial charge in [0.25, 0.3) is 0 Å². The number of ether oxygens (including phenoxy) is 1. The van der Waals surface area contributed by atoms with E-state index < -0.39 is 0 Å². The highest BCUT2D eigenvalue weighted by atomic mass is 16.5. The fraction of sp³-hybridized carbons (Fsp3) is 0.200. The molecule has 0 aliphatic heterocycles. The van der Waals surface area contributed by atoms with Crippen LogP contribution in [0.5, 0.6) is 5.75 Å². The highest BCUT2D eigenvalue weighted by Gasteiger charge is 1.92. The zero-order chi connectivity index (χ0) is 9.68. The highest BCUT2D eigenvalue weighted by Crippen LogP contribution is 2.12. The second kappa shape index (κ2) is 4.52.